The van der Waals surface area contributed by atoms with E-state index in [0.29, 0.717) is 5.56 Å². The maximum Gasteiger partial charge on any atom is 0.249 e. The number of benzene rings is 3. The quantitative estimate of drug-likeness (QED) is 0.463. The first-order valence-corrected chi connectivity index (χ1v) is 10.3. The van der Waals surface area contributed by atoms with E-state index in [1.165, 1.54) is 33.3 Å². The fourth-order valence-corrected chi connectivity index (χ4v) is 4.63. The summed E-state index contributed by atoms with van der Waals surface area (Å²) in [4.78, 5) is 12.2. The van der Waals surface area contributed by atoms with Crippen LogP contribution in [0.2, 0.25) is 0 Å². The lowest BCUT2D eigenvalue weighted by atomic mass is 9.99. The Kier molecular flexibility index (Phi) is 4.91. The number of nitrogens with two attached hydrogens (primary N) is 1. The zero-order valence-corrected chi connectivity index (χ0v) is 17.7. The molecule has 4 rings (SSSR count). The van der Waals surface area contributed by atoms with Crippen molar-refractivity contribution >= 4 is 27.7 Å². The van der Waals surface area contributed by atoms with Gasteiger partial charge in [0, 0.05) is 28.4 Å². The molecule has 1 amide bonds. The molecule has 2 N–H and O–H groups in total. The highest BCUT2D eigenvalue weighted by Gasteiger charge is 2.18. The Morgan fingerprint density at radius 3 is 2.34 bits per heavy atom. The van der Waals surface area contributed by atoms with Gasteiger partial charge in [-0.1, -0.05) is 49.2 Å². The minimum Gasteiger partial charge on any atom is -0.366 e. The molecule has 29 heavy (non-hydrogen) atoms. The molecule has 0 atom stereocenters. The minimum absolute atomic E-state index is 0.380. The Balaban J connectivity index is 2.04. The van der Waals surface area contributed by atoms with E-state index in [9.17, 15) is 4.79 Å². The van der Waals surface area contributed by atoms with Crippen LogP contribution in [0.3, 0.4) is 0 Å². The van der Waals surface area contributed by atoms with Gasteiger partial charge in [0.25, 0.3) is 0 Å². The highest BCUT2D eigenvalue weighted by atomic mass is 16.1. The first-order valence-electron chi connectivity index (χ1n) is 10.3. The van der Waals surface area contributed by atoms with Crippen LogP contribution in [0, 0.1) is 20.8 Å². The van der Waals surface area contributed by atoms with Crippen LogP contribution in [0.15, 0.2) is 48.5 Å². The van der Waals surface area contributed by atoms with Crippen molar-refractivity contribution in [3.05, 3.63) is 81.9 Å². The summed E-state index contributed by atoms with van der Waals surface area (Å²) in [5.74, 6) is -0.380. The number of rotatable bonds is 5. The predicted octanol–water partition coefficient (Wildman–Crippen LogP) is 5.82. The van der Waals surface area contributed by atoms with Crippen LogP contribution in [0.5, 0.6) is 0 Å². The van der Waals surface area contributed by atoms with Crippen LogP contribution in [0.4, 0.5) is 0 Å². The fraction of sp³-hybridized carbons (Fsp3) is 0.269. The number of primary amides is 1. The van der Waals surface area contributed by atoms with Crippen molar-refractivity contribution in [2.24, 2.45) is 5.73 Å². The number of carbonyl (C=O) groups excluding carboxylic acids is 1. The Morgan fingerprint density at radius 1 is 0.966 bits per heavy atom. The van der Waals surface area contributed by atoms with Crippen molar-refractivity contribution < 1.29 is 4.79 Å². The second-order valence-electron chi connectivity index (χ2n) is 8.13. The molecular formula is C26H28N2O. The summed E-state index contributed by atoms with van der Waals surface area (Å²) in [6, 6.07) is 17.0. The molecule has 0 bridgehead atoms. The Labute approximate surface area is 172 Å². The van der Waals surface area contributed by atoms with Crippen LogP contribution < -0.4 is 5.73 Å². The summed E-state index contributed by atoms with van der Waals surface area (Å²) >= 11 is 0. The lowest BCUT2D eigenvalue weighted by molar-refractivity contribution is 0.100. The second kappa shape index (κ2) is 7.40. The third kappa shape index (κ3) is 3.31. The van der Waals surface area contributed by atoms with Crippen molar-refractivity contribution in [1.82, 2.24) is 4.57 Å². The van der Waals surface area contributed by atoms with E-state index in [0.717, 1.165) is 35.7 Å². The summed E-state index contributed by atoms with van der Waals surface area (Å²) in [5, 5.41) is 2.05. The van der Waals surface area contributed by atoms with Gasteiger partial charge in [-0.2, -0.15) is 0 Å². The molecule has 0 radical (unpaired) electrons. The van der Waals surface area contributed by atoms with Crippen molar-refractivity contribution in [1.29, 1.82) is 0 Å². The van der Waals surface area contributed by atoms with E-state index in [1.54, 1.807) is 0 Å². The first kappa shape index (κ1) is 19.3. The molecule has 0 saturated carbocycles. The molecule has 0 aliphatic carbocycles. The first-order chi connectivity index (χ1) is 13.9. The van der Waals surface area contributed by atoms with Gasteiger partial charge < -0.3 is 10.3 Å². The van der Waals surface area contributed by atoms with Gasteiger partial charge >= 0.3 is 0 Å². The second-order valence-corrected chi connectivity index (χ2v) is 8.13. The molecule has 0 spiro atoms. The lowest BCUT2D eigenvalue weighted by Crippen LogP contribution is -2.11. The van der Waals surface area contributed by atoms with Gasteiger partial charge in [-0.25, -0.2) is 0 Å². The number of amides is 1. The molecule has 3 nitrogen and oxygen atoms in total. The van der Waals surface area contributed by atoms with Crippen LogP contribution in [0.25, 0.3) is 21.8 Å². The van der Waals surface area contributed by atoms with Gasteiger partial charge in [0.2, 0.25) is 5.91 Å². The van der Waals surface area contributed by atoms with Crippen LogP contribution in [-0.2, 0) is 13.0 Å². The lowest BCUT2D eigenvalue weighted by Gasteiger charge is -2.15. The number of hydrogen-bond acceptors (Lipinski definition) is 1. The molecule has 0 aliphatic rings. The van der Waals surface area contributed by atoms with E-state index in [-0.39, 0.29) is 5.91 Å². The zero-order chi connectivity index (χ0) is 20.7. The third-order valence-corrected chi connectivity index (χ3v) is 5.92. The van der Waals surface area contributed by atoms with E-state index in [1.807, 2.05) is 12.1 Å². The molecule has 3 heteroatoms. The summed E-state index contributed by atoms with van der Waals surface area (Å²) in [6.45, 7) is 9.47. The molecule has 148 valence electrons. The molecule has 4 aromatic rings. The normalized spacial score (nSPS) is 11.4. The number of aryl methyl sites for hydroxylation is 4. The molecule has 1 heterocycles. The SMILES string of the molecule is CCCc1ccc2c3c(C(N)=O)cccc3n(Cc3c(C)cc(C)cc3C)c2c1. The summed E-state index contributed by atoms with van der Waals surface area (Å²) < 4.78 is 2.35. The van der Waals surface area contributed by atoms with E-state index in [2.05, 4.69) is 68.7 Å². The Hall–Kier alpha value is -3.07. The van der Waals surface area contributed by atoms with Gasteiger partial charge in [0.15, 0.2) is 0 Å². The van der Waals surface area contributed by atoms with E-state index in [4.69, 9.17) is 5.73 Å². The maximum absolute atomic E-state index is 12.2. The van der Waals surface area contributed by atoms with Gasteiger partial charge in [0.05, 0.1) is 5.52 Å². The number of hydrogen-bond donors (Lipinski definition) is 1. The monoisotopic (exact) mass is 384 g/mol. The van der Waals surface area contributed by atoms with Crippen molar-refractivity contribution in [3.63, 3.8) is 0 Å². The largest absolute Gasteiger partial charge is 0.366 e. The van der Waals surface area contributed by atoms with E-state index >= 15 is 0 Å². The fourth-order valence-electron chi connectivity index (χ4n) is 4.63. The molecular weight excluding hydrogens is 356 g/mol. The molecule has 0 unspecified atom stereocenters. The Bertz CT molecular complexity index is 1220. The van der Waals surface area contributed by atoms with Gasteiger partial charge in [-0.15, -0.1) is 0 Å². The maximum atomic E-state index is 12.2. The van der Waals surface area contributed by atoms with Gasteiger partial charge in [-0.05, 0) is 67.6 Å². The van der Waals surface area contributed by atoms with Gasteiger partial charge in [0.1, 0.15) is 0 Å². The number of fused-ring (bicyclic) bond motifs is 3. The van der Waals surface area contributed by atoms with Gasteiger partial charge in [-0.3, -0.25) is 4.79 Å². The zero-order valence-electron chi connectivity index (χ0n) is 17.7. The average molecular weight is 385 g/mol. The standard InChI is InChI=1S/C26H28N2O/c1-5-7-19-10-11-20-24(14-19)28(15-22-17(3)12-16(2)13-18(22)4)23-9-6-8-21(25(20)23)26(27)29/h6,8-14H,5,7,15H2,1-4H3,(H2,27,29). The van der Waals surface area contributed by atoms with Crippen molar-refractivity contribution in [3.8, 4) is 0 Å². The highest BCUT2D eigenvalue weighted by Crippen LogP contribution is 2.34. The number of aromatic nitrogens is 1. The molecule has 1 aromatic heterocycles. The van der Waals surface area contributed by atoms with Crippen molar-refractivity contribution in [2.75, 3.05) is 0 Å². The minimum atomic E-state index is -0.380. The smallest absolute Gasteiger partial charge is 0.249 e. The van der Waals surface area contributed by atoms with Crippen LogP contribution in [-0.4, -0.2) is 10.5 Å². The molecule has 3 aromatic carbocycles. The van der Waals surface area contributed by atoms with Crippen LogP contribution in [0.1, 0.15) is 51.5 Å². The third-order valence-electron chi connectivity index (χ3n) is 5.92. The molecule has 0 aliphatic heterocycles. The van der Waals surface area contributed by atoms with Crippen molar-refractivity contribution in [2.45, 2.75) is 47.1 Å². The average Bonchev–Trinajstić information content (AvgIpc) is 2.97. The van der Waals surface area contributed by atoms with Crippen LogP contribution >= 0.6 is 0 Å². The number of nitrogens with zero attached hydrogens (tertiary/aromatic N) is 1. The predicted molar refractivity (Wildman–Crippen MR) is 122 cm³/mol. The van der Waals surface area contributed by atoms with E-state index < -0.39 is 0 Å². The molecule has 0 saturated heterocycles. The summed E-state index contributed by atoms with van der Waals surface area (Å²) in [5.41, 5.74) is 15.1. The Morgan fingerprint density at radius 2 is 1.69 bits per heavy atom. The topological polar surface area (TPSA) is 48.0 Å². The summed E-state index contributed by atoms with van der Waals surface area (Å²) in [6.07, 6.45) is 2.15. The highest BCUT2D eigenvalue weighted by molar-refractivity contribution is 6.18. The molecule has 0 fully saturated rings. The number of carbonyl (C=O) groups is 1. The summed E-state index contributed by atoms with van der Waals surface area (Å²) in [7, 11) is 0.